The highest BCUT2D eigenvalue weighted by Gasteiger charge is 2.42. The number of carbonyl (C=O) groups is 2. The van der Waals surface area contributed by atoms with Crippen molar-refractivity contribution in [2.45, 2.75) is 38.0 Å². The highest BCUT2D eigenvalue weighted by Crippen LogP contribution is 2.36. The summed E-state index contributed by atoms with van der Waals surface area (Å²) < 4.78 is 80.9. The van der Waals surface area contributed by atoms with Gasteiger partial charge in [-0.3, -0.25) is 9.59 Å². The van der Waals surface area contributed by atoms with E-state index < -0.39 is 46.7 Å². The maximum absolute atomic E-state index is 13.9. The van der Waals surface area contributed by atoms with Crippen LogP contribution in [0.1, 0.15) is 47.3 Å². The first-order valence-electron chi connectivity index (χ1n) is 9.78. The van der Waals surface area contributed by atoms with Crippen LogP contribution in [0.2, 0.25) is 0 Å². The second kappa shape index (κ2) is 8.83. The van der Waals surface area contributed by atoms with Crippen molar-refractivity contribution in [1.29, 1.82) is 0 Å². The molecule has 12 heteroatoms. The Morgan fingerprint density at radius 1 is 1.12 bits per heavy atom. The van der Waals surface area contributed by atoms with Crippen molar-refractivity contribution in [3.8, 4) is 5.69 Å². The molecule has 0 saturated carbocycles. The van der Waals surface area contributed by atoms with Crippen molar-refractivity contribution in [3.63, 3.8) is 0 Å². The average Bonchev–Trinajstić information content (AvgIpc) is 3.17. The zero-order valence-corrected chi connectivity index (χ0v) is 16.7. The molecular weight excluding hydrogens is 442 g/mol. The predicted octanol–water partition coefficient (Wildman–Crippen LogP) is 4.03. The Morgan fingerprint density at radius 2 is 1.84 bits per heavy atom. The molecule has 32 heavy (non-hydrogen) atoms. The van der Waals surface area contributed by atoms with E-state index in [9.17, 15) is 35.9 Å². The summed E-state index contributed by atoms with van der Waals surface area (Å²) in [4.78, 5) is 25.2. The molecule has 1 unspecified atom stereocenters. The first-order chi connectivity index (χ1) is 14.9. The number of amides is 2. The Balaban J connectivity index is 1.94. The summed E-state index contributed by atoms with van der Waals surface area (Å²) in [5, 5.41) is 3.59. The number of likely N-dealkylation sites (tertiary alicyclic amines) is 1. The molecule has 2 amide bonds. The molecule has 2 heterocycles. The lowest BCUT2D eigenvalue weighted by molar-refractivity contribution is -0.143. The van der Waals surface area contributed by atoms with Crippen LogP contribution >= 0.6 is 0 Å². The summed E-state index contributed by atoms with van der Waals surface area (Å²) >= 11 is 0. The lowest BCUT2D eigenvalue weighted by atomic mass is 9.93. The number of aromatic nitrogens is 2. The number of hydrogen-bond donors (Lipinski definition) is 1. The number of rotatable bonds is 5. The molecule has 1 aliphatic heterocycles. The van der Waals surface area contributed by atoms with Gasteiger partial charge in [0.2, 0.25) is 5.91 Å². The smallest absolute Gasteiger partial charge is 0.370 e. The number of piperidine rings is 1. The quantitative estimate of drug-likeness (QED) is 0.682. The van der Waals surface area contributed by atoms with Crippen molar-refractivity contribution in [2.24, 2.45) is 11.7 Å². The fourth-order valence-electron chi connectivity index (χ4n) is 3.79. The Kier molecular flexibility index (Phi) is 6.51. The zero-order chi connectivity index (χ0) is 23.7. The van der Waals surface area contributed by atoms with Crippen LogP contribution in [-0.4, -0.2) is 39.6 Å². The minimum Gasteiger partial charge on any atom is -0.370 e. The fourth-order valence-corrected chi connectivity index (χ4v) is 3.79. The number of nitrogens with zero attached hydrogens (tertiary/aromatic N) is 3. The third-order valence-electron chi connectivity index (χ3n) is 5.29. The summed E-state index contributed by atoms with van der Waals surface area (Å²) in [6.07, 6.45) is -7.32. The van der Waals surface area contributed by atoms with E-state index in [0.29, 0.717) is 30.0 Å². The lowest BCUT2D eigenvalue weighted by Crippen LogP contribution is -2.40. The van der Waals surface area contributed by atoms with E-state index in [-0.39, 0.29) is 25.4 Å². The molecular formula is C20H20F6N4O2. The maximum Gasteiger partial charge on any atom is 0.434 e. The van der Waals surface area contributed by atoms with Gasteiger partial charge >= 0.3 is 12.4 Å². The van der Waals surface area contributed by atoms with Gasteiger partial charge in [-0.15, -0.1) is 0 Å². The van der Waals surface area contributed by atoms with Gasteiger partial charge in [0.1, 0.15) is 0 Å². The van der Waals surface area contributed by atoms with Crippen molar-refractivity contribution >= 4 is 11.8 Å². The summed E-state index contributed by atoms with van der Waals surface area (Å²) in [6, 6.07) is 3.28. The van der Waals surface area contributed by atoms with Gasteiger partial charge in [0.25, 0.3) is 5.91 Å². The van der Waals surface area contributed by atoms with Gasteiger partial charge in [-0.05, 0) is 43.4 Å². The van der Waals surface area contributed by atoms with E-state index in [2.05, 4.69) is 5.10 Å². The molecule has 2 N–H and O–H groups in total. The third-order valence-corrected chi connectivity index (χ3v) is 5.29. The lowest BCUT2D eigenvalue weighted by Gasteiger charge is -2.32. The molecule has 6 nitrogen and oxygen atoms in total. The van der Waals surface area contributed by atoms with Gasteiger partial charge in [0.05, 0.1) is 23.0 Å². The Morgan fingerprint density at radius 3 is 2.47 bits per heavy atom. The molecule has 0 bridgehead atoms. The molecule has 1 fully saturated rings. The molecule has 3 rings (SSSR count). The summed E-state index contributed by atoms with van der Waals surface area (Å²) in [5.74, 6) is -1.51. The van der Waals surface area contributed by atoms with Crippen LogP contribution in [0.25, 0.3) is 5.69 Å². The van der Waals surface area contributed by atoms with Gasteiger partial charge in [0, 0.05) is 19.5 Å². The Hall–Kier alpha value is -3.05. The number of benzene rings is 1. The minimum absolute atomic E-state index is 0.0898. The molecule has 0 aliphatic carbocycles. The predicted molar refractivity (Wildman–Crippen MR) is 101 cm³/mol. The van der Waals surface area contributed by atoms with Gasteiger partial charge < -0.3 is 10.6 Å². The Labute approximate surface area is 179 Å². The SMILES string of the molecule is NC(=O)CCC1CCCN(C(=O)c2cnn(-c3cccc(C(F)(F)F)c3)c2C(F)(F)F)C1. The second-order valence-corrected chi connectivity index (χ2v) is 7.63. The van der Waals surface area contributed by atoms with Gasteiger partial charge in [0.15, 0.2) is 5.69 Å². The number of nitrogens with two attached hydrogens (primary N) is 1. The van der Waals surface area contributed by atoms with E-state index in [4.69, 9.17) is 5.73 Å². The first kappa shape index (κ1) is 23.6. The van der Waals surface area contributed by atoms with Crippen LogP contribution in [0.5, 0.6) is 0 Å². The van der Waals surface area contributed by atoms with Crippen LogP contribution in [0.15, 0.2) is 30.5 Å². The van der Waals surface area contributed by atoms with Gasteiger partial charge in [-0.1, -0.05) is 6.07 Å². The van der Waals surface area contributed by atoms with Crippen molar-refractivity contribution in [2.75, 3.05) is 13.1 Å². The number of halogens is 6. The number of hydrogen-bond acceptors (Lipinski definition) is 3. The molecule has 0 spiro atoms. The fraction of sp³-hybridized carbons (Fsp3) is 0.450. The molecule has 1 aromatic carbocycles. The number of alkyl halides is 6. The molecule has 1 saturated heterocycles. The highest BCUT2D eigenvalue weighted by molar-refractivity contribution is 5.95. The van der Waals surface area contributed by atoms with Gasteiger partial charge in [-0.2, -0.15) is 31.4 Å². The van der Waals surface area contributed by atoms with E-state index in [1.165, 1.54) is 4.90 Å². The van der Waals surface area contributed by atoms with Crippen LogP contribution in [0.4, 0.5) is 26.3 Å². The monoisotopic (exact) mass is 462 g/mol. The highest BCUT2D eigenvalue weighted by atomic mass is 19.4. The van der Waals surface area contributed by atoms with Crippen LogP contribution in [0, 0.1) is 5.92 Å². The topological polar surface area (TPSA) is 81.2 Å². The van der Waals surface area contributed by atoms with Crippen LogP contribution in [0.3, 0.4) is 0 Å². The summed E-state index contributed by atoms with van der Waals surface area (Å²) in [6.45, 7) is 0.371. The summed E-state index contributed by atoms with van der Waals surface area (Å²) in [7, 11) is 0. The molecule has 174 valence electrons. The van der Waals surface area contributed by atoms with E-state index in [0.717, 1.165) is 24.4 Å². The molecule has 1 atom stereocenters. The van der Waals surface area contributed by atoms with E-state index in [1.54, 1.807) is 0 Å². The van der Waals surface area contributed by atoms with Crippen LogP contribution in [-0.2, 0) is 17.1 Å². The van der Waals surface area contributed by atoms with Gasteiger partial charge in [-0.25, -0.2) is 4.68 Å². The van der Waals surface area contributed by atoms with Crippen molar-refractivity contribution in [3.05, 3.63) is 47.3 Å². The summed E-state index contributed by atoms with van der Waals surface area (Å²) in [5.41, 5.74) is 1.34. The zero-order valence-electron chi connectivity index (χ0n) is 16.7. The standard InChI is InChI=1S/C20H20F6N4O2/c21-19(22,23)13-4-1-5-14(9-13)30-17(20(24,25)26)15(10-28-30)18(32)29-8-2-3-12(11-29)6-7-16(27)31/h1,4-5,9-10,12H,2-3,6-8,11H2,(H2,27,31). The van der Waals surface area contributed by atoms with E-state index >= 15 is 0 Å². The molecule has 0 radical (unpaired) electrons. The van der Waals surface area contributed by atoms with Crippen molar-refractivity contribution in [1.82, 2.24) is 14.7 Å². The number of primary amides is 1. The Bertz CT molecular complexity index is 999. The number of carbonyl (C=O) groups excluding carboxylic acids is 2. The molecule has 1 aliphatic rings. The second-order valence-electron chi connectivity index (χ2n) is 7.63. The normalized spacial score (nSPS) is 17.4. The molecule has 2 aromatic rings. The average molecular weight is 462 g/mol. The van der Waals surface area contributed by atoms with Crippen molar-refractivity contribution < 1.29 is 35.9 Å². The third kappa shape index (κ3) is 5.22. The molecule has 1 aromatic heterocycles. The maximum atomic E-state index is 13.9. The minimum atomic E-state index is -5.04. The van der Waals surface area contributed by atoms with Crippen LogP contribution < -0.4 is 5.73 Å². The largest absolute Gasteiger partial charge is 0.434 e. The first-order valence-corrected chi connectivity index (χ1v) is 9.78. The van der Waals surface area contributed by atoms with E-state index in [1.807, 2.05) is 0 Å².